The molecule has 1 aromatic heterocycles. The number of aromatic nitrogens is 2. The Morgan fingerprint density at radius 3 is 2.35 bits per heavy atom. The van der Waals surface area contributed by atoms with Gasteiger partial charge in [-0.25, -0.2) is 0 Å². The maximum atomic E-state index is 13.3. The molecule has 1 N–H and O–H groups in total. The van der Waals surface area contributed by atoms with E-state index in [4.69, 9.17) is 4.74 Å². The minimum absolute atomic E-state index is 0.0145. The van der Waals surface area contributed by atoms with E-state index in [-0.39, 0.29) is 11.9 Å². The summed E-state index contributed by atoms with van der Waals surface area (Å²) in [6, 6.07) is 18.1. The fourth-order valence-electron chi connectivity index (χ4n) is 4.10. The van der Waals surface area contributed by atoms with Crippen molar-refractivity contribution in [2.75, 3.05) is 13.2 Å². The van der Waals surface area contributed by atoms with Crippen LogP contribution in [0, 0.1) is 11.8 Å². The fraction of sp³-hybridized carbons (Fsp3) is 0.385. The summed E-state index contributed by atoms with van der Waals surface area (Å²) >= 11 is 0. The van der Waals surface area contributed by atoms with Crippen molar-refractivity contribution in [3.8, 4) is 17.0 Å². The zero-order valence-electron chi connectivity index (χ0n) is 18.8. The molecular weight excluding hydrogens is 386 g/mol. The van der Waals surface area contributed by atoms with Gasteiger partial charge < -0.3 is 9.64 Å². The number of carbonyl (C=O) groups is 1. The summed E-state index contributed by atoms with van der Waals surface area (Å²) in [6.07, 6.45) is 1.03. The maximum Gasteiger partial charge on any atom is 0.273 e. The number of H-pyrrole nitrogens is 1. The van der Waals surface area contributed by atoms with Crippen LogP contribution in [0.3, 0.4) is 0 Å². The van der Waals surface area contributed by atoms with E-state index < -0.39 is 0 Å². The van der Waals surface area contributed by atoms with Gasteiger partial charge in [0.25, 0.3) is 5.91 Å². The van der Waals surface area contributed by atoms with E-state index in [1.165, 1.54) is 0 Å². The monoisotopic (exact) mass is 417 g/mol. The van der Waals surface area contributed by atoms with Crippen LogP contribution >= 0.6 is 0 Å². The van der Waals surface area contributed by atoms with Crippen molar-refractivity contribution in [3.63, 3.8) is 0 Å². The van der Waals surface area contributed by atoms with E-state index >= 15 is 0 Å². The van der Waals surface area contributed by atoms with Gasteiger partial charge in [0, 0.05) is 17.7 Å². The topological polar surface area (TPSA) is 58.2 Å². The Balaban J connectivity index is 1.69. The van der Waals surface area contributed by atoms with Crippen LogP contribution < -0.4 is 4.74 Å². The predicted molar refractivity (Wildman–Crippen MR) is 123 cm³/mol. The average molecular weight is 418 g/mol. The first-order valence-corrected chi connectivity index (χ1v) is 11.1. The standard InChI is InChI=1S/C26H31N3O2/c1-17(2)14-15-31-21-12-10-20(11-13-21)25-22-23(19-8-6-5-7-9-19)27-28-24(22)26(30)29(25)16-18(3)4/h5-13,17-18,25H,14-16H2,1-4H3,(H,27,28). The minimum atomic E-state index is -0.163. The second-order valence-corrected chi connectivity index (χ2v) is 9.08. The maximum absolute atomic E-state index is 13.3. The Labute approximate surface area is 184 Å². The van der Waals surface area contributed by atoms with Crippen molar-refractivity contribution in [2.24, 2.45) is 11.8 Å². The molecule has 162 valence electrons. The van der Waals surface area contributed by atoms with Crippen LogP contribution in [0.5, 0.6) is 5.75 Å². The smallest absolute Gasteiger partial charge is 0.273 e. The molecule has 5 nitrogen and oxygen atoms in total. The van der Waals surface area contributed by atoms with Crippen LogP contribution in [-0.2, 0) is 0 Å². The fourth-order valence-corrected chi connectivity index (χ4v) is 4.10. The predicted octanol–water partition coefficient (Wildman–Crippen LogP) is 5.70. The van der Waals surface area contributed by atoms with Crippen LogP contribution in [0.4, 0.5) is 0 Å². The highest BCUT2D eigenvalue weighted by Gasteiger charge is 2.42. The summed E-state index contributed by atoms with van der Waals surface area (Å²) in [5, 5.41) is 7.55. The molecule has 0 bridgehead atoms. The number of benzene rings is 2. The van der Waals surface area contributed by atoms with Gasteiger partial charge in [-0.1, -0.05) is 70.2 Å². The summed E-state index contributed by atoms with van der Waals surface area (Å²) in [4.78, 5) is 15.2. The summed E-state index contributed by atoms with van der Waals surface area (Å²) in [5.41, 5.74) is 4.49. The number of aromatic amines is 1. The number of nitrogens with one attached hydrogen (secondary N) is 1. The van der Waals surface area contributed by atoms with Crippen molar-refractivity contribution in [1.29, 1.82) is 0 Å². The van der Waals surface area contributed by atoms with Crippen LogP contribution in [0.15, 0.2) is 54.6 Å². The van der Waals surface area contributed by atoms with Crippen molar-refractivity contribution < 1.29 is 9.53 Å². The van der Waals surface area contributed by atoms with Gasteiger partial charge in [-0.3, -0.25) is 9.89 Å². The first-order valence-electron chi connectivity index (χ1n) is 11.1. The largest absolute Gasteiger partial charge is 0.494 e. The van der Waals surface area contributed by atoms with E-state index in [0.29, 0.717) is 30.7 Å². The zero-order chi connectivity index (χ0) is 22.0. The summed E-state index contributed by atoms with van der Waals surface area (Å²) < 4.78 is 5.90. The van der Waals surface area contributed by atoms with Gasteiger partial charge in [0.15, 0.2) is 0 Å². The van der Waals surface area contributed by atoms with E-state index in [9.17, 15) is 4.79 Å². The summed E-state index contributed by atoms with van der Waals surface area (Å²) in [7, 11) is 0. The molecule has 1 atom stereocenters. The lowest BCUT2D eigenvalue weighted by atomic mass is 9.95. The molecule has 3 aromatic rings. The highest BCUT2D eigenvalue weighted by molar-refractivity contribution is 6.00. The number of hydrogen-bond donors (Lipinski definition) is 1. The Bertz CT molecular complexity index is 1020. The number of hydrogen-bond acceptors (Lipinski definition) is 3. The van der Waals surface area contributed by atoms with E-state index in [0.717, 1.165) is 34.6 Å². The molecule has 1 aliphatic rings. The number of amides is 1. The molecule has 1 aliphatic heterocycles. The molecule has 5 heteroatoms. The lowest BCUT2D eigenvalue weighted by Crippen LogP contribution is -2.32. The van der Waals surface area contributed by atoms with Gasteiger partial charge in [-0.05, 0) is 36.0 Å². The van der Waals surface area contributed by atoms with Crippen molar-refractivity contribution >= 4 is 5.91 Å². The number of fused-ring (bicyclic) bond motifs is 1. The molecule has 0 radical (unpaired) electrons. The molecule has 0 fully saturated rings. The van der Waals surface area contributed by atoms with Crippen LogP contribution in [0.2, 0.25) is 0 Å². The molecule has 0 aliphatic carbocycles. The minimum Gasteiger partial charge on any atom is -0.494 e. The Kier molecular flexibility index (Phi) is 6.12. The molecule has 0 saturated heterocycles. The quantitative estimate of drug-likeness (QED) is 0.511. The molecule has 0 saturated carbocycles. The summed E-state index contributed by atoms with van der Waals surface area (Å²) in [5.74, 6) is 1.85. The van der Waals surface area contributed by atoms with E-state index in [2.05, 4.69) is 50.0 Å². The SMILES string of the molecule is CC(C)CCOc1ccc(C2c3c(-c4ccccc4)n[nH]c3C(=O)N2CC(C)C)cc1. The van der Waals surface area contributed by atoms with Gasteiger partial charge in [0.05, 0.1) is 18.3 Å². The highest BCUT2D eigenvalue weighted by Crippen LogP contribution is 2.43. The lowest BCUT2D eigenvalue weighted by molar-refractivity contribution is 0.0722. The molecule has 31 heavy (non-hydrogen) atoms. The van der Waals surface area contributed by atoms with Crippen LogP contribution in [-0.4, -0.2) is 34.2 Å². The van der Waals surface area contributed by atoms with Gasteiger partial charge in [-0.2, -0.15) is 5.10 Å². The number of ether oxygens (including phenoxy) is 1. The normalized spacial score (nSPS) is 15.7. The molecule has 2 heterocycles. The Morgan fingerprint density at radius 2 is 1.71 bits per heavy atom. The first kappa shape index (κ1) is 21.2. The summed E-state index contributed by atoms with van der Waals surface area (Å²) in [6.45, 7) is 10.1. The average Bonchev–Trinajstić information content (AvgIpc) is 3.28. The lowest BCUT2D eigenvalue weighted by Gasteiger charge is -2.28. The third-order valence-electron chi connectivity index (χ3n) is 5.63. The van der Waals surface area contributed by atoms with Gasteiger partial charge >= 0.3 is 0 Å². The van der Waals surface area contributed by atoms with Crippen molar-refractivity contribution in [3.05, 3.63) is 71.4 Å². The zero-order valence-corrected chi connectivity index (χ0v) is 18.8. The first-order chi connectivity index (χ1) is 15.0. The third kappa shape index (κ3) is 4.36. The molecule has 0 spiro atoms. The second-order valence-electron chi connectivity index (χ2n) is 9.08. The molecule has 2 aromatic carbocycles. The molecular formula is C26H31N3O2. The number of nitrogens with zero attached hydrogens (tertiary/aromatic N) is 2. The highest BCUT2D eigenvalue weighted by atomic mass is 16.5. The Morgan fingerprint density at radius 1 is 1.00 bits per heavy atom. The number of carbonyl (C=O) groups excluding carboxylic acids is 1. The third-order valence-corrected chi connectivity index (χ3v) is 5.63. The molecule has 4 rings (SSSR count). The van der Waals surface area contributed by atoms with Gasteiger partial charge in [-0.15, -0.1) is 0 Å². The van der Waals surface area contributed by atoms with Crippen LogP contribution in [0.25, 0.3) is 11.3 Å². The van der Waals surface area contributed by atoms with Crippen molar-refractivity contribution in [2.45, 2.75) is 40.2 Å². The molecule has 1 amide bonds. The molecule has 1 unspecified atom stereocenters. The van der Waals surface area contributed by atoms with E-state index in [1.807, 2.05) is 47.4 Å². The Hall–Kier alpha value is -3.08. The van der Waals surface area contributed by atoms with Gasteiger partial charge in [0.2, 0.25) is 0 Å². The second kappa shape index (κ2) is 8.96. The van der Waals surface area contributed by atoms with Gasteiger partial charge in [0.1, 0.15) is 11.4 Å². The van der Waals surface area contributed by atoms with E-state index in [1.54, 1.807) is 0 Å². The van der Waals surface area contributed by atoms with Crippen LogP contribution in [0.1, 0.15) is 61.8 Å². The number of rotatable bonds is 8. The van der Waals surface area contributed by atoms with Crippen molar-refractivity contribution in [1.82, 2.24) is 15.1 Å².